The van der Waals surface area contributed by atoms with Crippen molar-refractivity contribution in [3.8, 4) is 5.75 Å². The summed E-state index contributed by atoms with van der Waals surface area (Å²) in [6, 6.07) is 12.6. The topological polar surface area (TPSA) is 89.0 Å². The molecule has 0 aliphatic rings. The van der Waals surface area contributed by atoms with Gasteiger partial charge in [-0.05, 0) is 36.8 Å². The van der Waals surface area contributed by atoms with Crippen LogP contribution in [-0.2, 0) is 6.54 Å². The lowest BCUT2D eigenvalue weighted by Crippen LogP contribution is -2.16. The van der Waals surface area contributed by atoms with Crippen LogP contribution in [0.1, 0.15) is 21.7 Å². The van der Waals surface area contributed by atoms with E-state index in [1.807, 2.05) is 25.1 Å². The summed E-state index contributed by atoms with van der Waals surface area (Å²) in [5, 5.41) is 5.93. The number of benzene rings is 1. The number of hydrogen-bond donors (Lipinski definition) is 2. The molecule has 0 saturated carbocycles. The van der Waals surface area contributed by atoms with Gasteiger partial charge in [0.2, 0.25) is 5.95 Å². The Bertz CT molecular complexity index is 899. The van der Waals surface area contributed by atoms with Crippen LogP contribution in [-0.4, -0.2) is 28.0 Å². The molecule has 2 N–H and O–H groups in total. The van der Waals surface area contributed by atoms with Gasteiger partial charge in [0.25, 0.3) is 5.91 Å². The Kier molecular flexibility index (Phi) is 5.38. The van der Waals surface area contributed by atoms with E-state index in [1.54, 1.807) is 43.8 Å². The number of ether oxygens (including phenoxy) is 1. The number of nitrogens with one attached hydrogen (secondary N) is 2. The van der Waals surface area contributed by atoms with Gasteiger partial charge in [0.15, 0.2) is 0 Å². The minimum Gasteiger partial charge on any atom is -0.497 e. The lowest BCUT2D eigenvalue weighted by atomic mass is 10.2. The van der Waals surface area contributed by atoms with Gasteiger partial charge >= 0.3 is 0 Å². The Balaban J connectivity index is 1.72. The highest BCUT2D eigenvalue weighted by molar-refractivity contribution is 6.03. The first-order valence-electron chi connectivity index (χ1n) is 8.08. The maximum Gasteiger partial charge on any atom is 0.274 e. The number of methoxy groups -OCH3 is 1. The largest absolute Gasteiger partial charge is 0.497 e. The molecule has 2 aromatic heterocycles. The molecule has 2 heterocycles. The van der Waals surface area contributed by atoms with Gasteiger partial charge in [-0.3, -0.25) is 9.78 Å². The van der Waals surface area contributed by atoms with Crippen molar-refractivity contribution in [3.63, 3.8) is 0 Å². The average molecular weight is 349 g/mol. The fourth-order valence-electron chi connectivity index (χ4n) is 2.34. The maximum atomic E-state index is 12.5. The van der Waals surface area contributed by atoms with E-state index < -0.39 is 0 Å². The zero-order chi connectivity index (χ0) is 18.4. The Labute approximate surface area is 151 Å². The number of anilines is 2. The van der Waals surface area contributed by atoms with Crippen molar-refractivity contribution in [1.82, 2.24) is 15.0 Å². The normalized spacial score (nSPS) is 10.2. The second-order valence-corrected chi connectivity index (χ2v) is 5.62. The summed E-state index contributed by atoms with van der Waals surface area (Å²) in [4.78, 5) is 25.2. The fraction of sp³-hybridized carbons (Fsp3) is 0.158. The number of aryl methyl sites for hydroxylation is 1. The van der Waals surface area contributed by atoms with E-state index in [1.165, 1.54) is 0 Å². The summed E-state index contributed by atoms with van der Waals surface area (Å²) >= 11 is 0. The number of rotatable bonds is 6. The molecule has 1 aromatic carbocycles. The van der Waals surface area contributed by atoms with Crippen molar-refractivity contribution in [3.05, 3.63) is 71.8 Å². The van der Waals surface area contributed by atoms with E-state index in [9.17, 15) is 4.79 Å². The molecule has 7 nitrogen and oxygen atoms in total. The van der Waals surface area contributed by atoms with Crippen LogP contribution in [0.5, 0.6) is 5.75 Å². The molecule has 132 valence electrons. The minimum atomic E-state index is -0.312. The number of carbonyl (C=O) groups is 1. The van der Waals surface area contributed by atoms with Crippen molar-refractivity contribution in [1.29, 1.82) is 0 Å². The Morgan fingerprint density at radius 2 is 2.04 bits per heavy atom. The van der Waals surface area contributed by atoms with Crippen molar-refractivity contribution < 1.29 is 9.53 Å². The standard InChI is InChI=1S/C19H19N5O2/c1-13-9-17(18(25)23-15-6-3-7-16(10-15)26-2)24-19(22-13)21-12-14-5-4-8-20-11-14/h3-11H,12H2,1-2H3,(H,23,25)(H,21,22,24). The lowest BCUT2D eigenvalue weighted by Gasteiger charge is -2.09. The number of amides is 1. The third-order valence-electron chi connectivity index (χ3n) is 3.59. The summed E-state index contributed by atoms with van der Waals surface area (Å²) < 4.78 is 5.16. The summed E-state index contributed by atoms with van der Waals surface area (Å²) in [7, 11) is 1.58. The molecular formula is C19H19N5O2. The third kappa shape index (κ3) is 4.54. The predicted molar refractivity (Wildman–Crippen MR) is 99.3 cm³/mol. The highest BCUT2D eigenvalue weighted by Crippen LogP contribution is 2.17. The van der Waals surface area contributed by atoms with Gasteiger partial charge in [-0.15, -0.1) is 0 Å². The van der Waals surface area contributed by atoms with Crippen LogP contribution in [0.3, 0.4) is 0 Å². The first kappa shape index (κ1) is 17.3. The lowest BCUT2D eigenvalue weighted by molar-refractivity contribution is 0.102. The average Bonchev–Trinajstić information content (AvgIpc) is 2.67. The first-order valence-corrected chi connectivity index (χ1v) is 8.08. The Morgan fingerprint density at radius 3 is 2.81 bits per heavy atom. The van der Waals surface area contributed by atoms with Crippen LogP contribution in [0.2, 0.25) is 0 Å². The molecular weight excluding hydrogens is 330 g/mol. The molecule has 0 unspecified atom stereocenters. The third-order valence-corrected chi connectivity index (χ3v) is 3.59. The van der Waals surface area contributed by atoms with Crippen molar-refractivity contribution in [2.45, 2.75) is 13.5 Å². The van der Waals surface area contributed by atoms with Gasteiger partial charge < -0.3 is 15.4 Å². The van der Waals surface area contributed by atoms with E-state index in [4.69, 9.17) is 4.74 Å². The molecule has 0 bridgehead atoms. The summed E-state index contributed by atoms with van der Waals surface area (Å²) in [6.07, 6.45) is 3.48. The smallest absolute Gasteiger partial charge is 0.274 e. The molecule has 0 aliphatic heterocycles. The second-order valence-electron chi connectivity index (χ2n) is 5.62. The van der Waals surface area contributed by atoms with Crippen molar-refractivity contribution >= 4 is 17.5 Å². The van der Waals surface area contributed by atoms with Crippen LogP contribution >= 0.6 is 0 Å². The summed E-state index contributed by atoms with van der Waals surface area (Å²) in [6.45, 7) is 2.34. The van der Waals surface area contributed by atoms with Crippen LogP contribution < -0.4 is 15.4 Å². The van der Waals surface area contributed by atoms with Gasteiger partial charge in [-0.1, -0.05) is 12.1 Å². The maximum absolute atomic E-state index is 12.5. The molecule has 0 aliphatic carbocycles. The molecule has 3 aromatic rings. The number of carbonyl (C=O) groups excluding carboxylic acids is 1. The molecule has 3 rings (SSSR count). The van der Waals surface area contributed by atoms with Crippen LogP contribution in [0.25, 0.3) is 0 Å². The fourth-order valence-corrected chi connectivity index (χ4v) is 2.34. The molecule has 0 fully saturated rings. The van der Waals surface area contributed by atoms with E-state index in [2.05, 4.69) is 25.6 Å². The van der Waals surface area contributed by atoms with Crippen molar-refractivity contribution in [2.24, 2.45) is 0 Å². The van der Waals surface area contributed by atoms with Crippen LogP contribution in [0.4, 0.5) is 11.6 Å². The summed E-state index contributed by atoms with van der Waals surface area (Å²) in [5.41, 5.74) is 2.62. The molecule has 0 saturated heterocycles. The van der Waals surface area contributed by atoms with Gasteiger partial charge in [0.1, 0.15) is 11.4 Å². The number of pyridine rings is 1. The molecule has 7 heteroatoms. The molecule has 26 heavy (non-hydrogen) atoms. The van der Waals surface area contributed by atoms with E-state index >= 15 is 0 Å². The van der Waals surface area contributed by atoms with Crippen LogP contribution in [0, 0.1) is 6.92 Å². The quantitative estimate of drug-likeness (QED) is 0.711. The molecule has 0 radical (unpaired) electrons. The molecule has 1 amide bonds. The van der Waals surface area contributed by atoms with E-state index in [-0.39, 0.29) is 11.6 Å². The highest BCUT2D eigenvalue weighted by Gasteiger charge is 2.11. The predicted octanol–water partition coefficient (Wildman–Crippen LogP) is 3.05. The number of nitrogens with zero attached hydrogens (tertiary/aromatic N) is 3. The van der Waals surface area contributed by atoms with E-state index in [0.29, 0.717) is 29.6 Å². The zero-order valence-corrected chi connectivity index (χ0v) is 14.6. The summed E-state index contributed by atoms with van der Waals surface area (Å²) in [5.74, 6) is 0.748. The Morgan fingerprint density at radius 1 is 1.15 bits per heavy atom. The van der Waals surface area contributed by atoms with Gasteiger partial charge in [-0.2, -0.15) is 0 Å². The van der Waals surface area contributed by atoms with Gasteiger partial charge in [0.05, 0.1) is 7.11 Å². The van der Waals surface area contributed by atoms with Crippen molar-refractivity contribution in [2.75, 3.05) is 17.7 Å². The van der Waals surface area contributed by atoms with Gasteiger partial charge in [0, 0.05) is 36.4 Å². The number of aromatic nitrogens is 3. The van der Waals surface area contributed by atoms with Crippen LogP contribution in [0.15, 0.2) is 54.9 Å². The van der Waals surface area contributed by atoms with E-state index in [0.717, 1.165) is 5.56 Å². The Hall–Kier alpha value is -3.48. The minimum absolute atomic E-state index is 0.286. The SMILES string of the molecule is COc1cccc(NC(=O)c2cc(C)nc(NCc3cccnc3)n2)c1. The molecule has 0 spiro atoms. The molecule has 0 atom stereocenters. The number of hydrogen-bond acceptors (Lipinski definition) is 6. The van der Waals surface area contributed by atoms with Gasteiger partial charge in [-0.25, -0.2) is 9.97 Å². The second kappa shape index (κ2) is 8.06. The zero-order valence-electron chi connectivity index (χ0n) is 14.6. The first-order chi connectivity index (χ1) is 12.6. The highest BCUT2D eigenvalue weighted by atomic mass is 16.5. The monoisotopic (exact) mass is 349 g/mol.